The van der Waals surface area contributed by atoms with Crippen LogP contribution in [0, 0.1) is 6.92 Å². The van der Waals surface area contributed by atoms with Crippen molar-refractivity contribution in [3.8, 4) is 5.75 Å². The minimum Gasteiger partial charge on any atom is -0.492 e. The molecule has 1 fully saturated rings. The Bertz CT molecular complexity index is 1360. The van der Waals surface area contributed by atoms with Crippen LogP contribution in [-0.2, 0) is 21.1 Å². The number of rotatable bonds is 8. The smallest absolute Gasteiger partial charge is 0.290 e. The Morgan fingerprint density at radius 1 is 1.03 bits per heavy atom. The molecular weight excluding hydrogens is 484 g/mol. The van der Waals surface area contributed by atoms with Crippen LogP contribution in [0.4, 0.5) is 4.79 Å². The quantitative estimate of drug-likeness (QED) is 0.433. The van der Waals surface area contributed by atoms with Gasteiger partial charge in [0.2, 0.25) is 0 Å². The molecule has 4 rings (SSSR count). The molecule has 0 bridgehead atoms. The topological polar surface area (TPSA) is 102 Å². The van der Waals surface area contributed by atoms with E-state index in [1.54, 1.807) is 66.9 Å². The molecule has 0 radical (unpaired) electrons. The van der Waals surface area contributed by atoms with Gasteiger partial charge < -0.3 is 4.74 Å². The van der Waals surface area contributed by atoms with Crippen molar-refractivity contribution >= 4 is 38.8 Å². The van der Waals surface area contributed by atoms with Crippen LogP contribution in [0.2, 0.25) is 0 Å². The molecule has 1 atom stereocenters. The third-order valence-corrected chi connectivity index (χ3v) is 8.40. The zero-order valence-corrected chi connectivity index (χ0v) is 20.9. The van der Waals surface area contributed by atoms with Crippen LogP contribution in [0.5, 0.6) is 5.75 Å². The molecular formula is C26H24N2O5S2. The number of nitrogens with one attached hydrogen (secondary N) is 1. The molecule has 7 nitrogen and oxygen atoms in total. The molecule has 0 aliphatic carbocycles. The number of thioether (sulfide) groups is 1. The third-order valence-electron chi connectivity index (χ3n) is 5.53. The predicted molar refractivity (Wildman–Crippen MR) is 136 cm³/mol. The van der Waals surface area contributed by atoms with Crippen molar-refractivity contribution in [3.63, 3.8) is 0 Å². The van der Waals surface area contributed by atoms with E-state index in [0.717, 1.165) is 29.3 Å². The number of benzene rings is 2. The van der Waals surface area contributed by atoms with Crippen molar-refractivity contribution in [2.75, 3.05) is 6.61 Å². The highest BCUT2D eigenvalue weighted by molar-refractivity contribution is 8.18. The van der Waals surface area contributed by atoms with Crippen LogP contribution >= 0.6 is 11.8 Å². The number of amides is 2. The maximum Gasteiger partial charge on any atom is 0.290 e. The molecule has 2 aromatic carbocycles. The van der Waals surface area contributed by atoms with Crippen molar-refractivity contribution in [2.45, 2.75) is 30.4 Å². The summed E-state index contributed by atoms with van der Waals surface area (Å²) in [6, 6.07) is 17.2. The van der Waals surface area contributed by atoms with E-state index in [1.165, 1.54) is 0 Å². The summed E-state index contributed by atoms with van der Waals surface area (Å²) >= 11 is 0.845. The molecule has 1 aromatic heterocycles. The number of aryl methyl sites for hydroxylation is 2. The number of pyridine rings is 1. The number of carbonyl (C=O) groups excluding carboxylic acids is 2. The van der Waals surface area contributed by atoms with Crippen LogP contribution in [0.15, 0.2) is 76.7 Å². The second-order valence-electron chi connectivity index (χ2n) is 8.02. The van der Waals surface area contributed by atoms with Gasteiger partial charge in [0, 0.05) is 6.20 Å². The summed E-state index contributed by atoms with van der Waals surface area (Å²) in [6.45, 7) is 3.79. The maximum absolute atomic E-state index is 13.5. The van der Waals surface area contributed by atoms with E-state index in [9.17, 15) is 18.0 Å². The molecule has 35 heavy (non-hydrogen) atoms. The molecule has 1 aliphatic heterocycles. The predicted octanol–water partition coefficient (Wildman–Crippen LogP) is 4.87. The number of imide groups is 1. The van der Waals surface area contributed by atoms with Crippen molar-refractivity contribution < 1.29 is 22.7 Å². The van der Waals surface area contributed by atoms with Crippen molar-refractivity contribution in [2.24, 2.45) is 0 Å². The molecule has 9 heteroatoms. The number of aromatic nitrogens is 1. The fourth-order valence-electron chi connectivity index (χ4n) is 3.47. The second-order valence-corrected chi connectivity index (χ2v) is 11.2. The van der Waals surface area contributed by atoms with E-state index in [4.69, 9.17) is 4.74 Å². The summed E-state index contributed by atoms with van der Waals surface area (Å²) in [5.74, 6) is 0.0482. The van der Waals surface area contributed by atoms with Gasteiger partial charge in [0.05, 0.1) is 15.5 Å². The number of nitrogens with zero attached hydrogens (tertiary/aromatic N) is 1. The lowest BCUT2D eigenvalue weighted by molar-refractivity contribution is -0.115. The second kappa shape index (κ2) is 10.5. The fraction of sp³-hybridized carbons (Fsp3) is 0.192. The zero-order chi connectivity index (χ0) is 25.0. The molecule has 2 amide bonds. The summed E-state index contributed by atoms with van der Waals surface area (Å²) in [6.07, 6.45) is 4.10. The fourth-order valence-corrected chi connectivity index (χ4v) is 5.70. The Morgan fingerprint density at radius 3 is 2.31 bits per heavy atom. The lowest BCUT2D eigenvalue weighted by Crippen LogP contribution is -2.22. The maximum atomic E-state index is 13.5. The van der Waals surface area contributed by atoms with Crippen LogP contribution in [0.3, 0.4) is 0 Å². The molecule has 0 spiro atoms. The molecule has 1 aliphatic rings. The minimum atomic E-state index is -3.77. The van der Waals surface area contributed by atoms with Crippen LogP contribution in [0.1, 0.15) is 34.6 Å². The number of carbonyl (C=O) groups is 2. The number of ether oxygens (including phenoxy) is 1. The van der Waals surface area contributed by atoms with Gasteiger partial charge >= 0.3 is 0 Å². The van der Waals surface area contributed by atoms with E-state index in [0.29, 0.717) is 21.9 Å². The lowest BCUT2D eigenvalue weighted by atomic mass is 10.2. The Kier molecular flexibility index (Phi) is 7.37. The van der Waals surface area contributed by atoms with Gasteiger partial charge in [-0.1, -0.05) is 42.8 Å². The standard InChI is InChI=1S/C26H24N2O5S2/c1-3-18-8-13-22(27-15-18)24(35(31,32)21-11-4-17(2)5-12-21)16-33-20-9-6-19(7-10-20)14-23-25(29)28-26(30)34-23/h4-15,24H,3,16H2,1-2H3,(H,28,29,30). The van der Waals surface area contributed by atoms with Crippen molar-refractivity contribution in [3.05, 3.63) is 94.1 Å². The van der Waals surface area contributed by atoms with Crippen LogP contribution < -0.4 is 10.1 Å². The monoisotopic (exact) mass is 508 g/mol. The van der Waals surface area contributed by atoms with Gasteiger partial charge in [0.25, 0.3) is 11.1 Å². The molecule has 180 valence electrons. The normalized spacial score (nSPS) is 15.8. The highest BCUT2D eigenvalue weighted by Crippen LogP contribution is 2.30. The van der Waals surface area contributed by atoms with Crippen LogP contribution in [0.25, 0.3) is 6.08 Å². The first-order valence-electron chi connectivity index (χ1n) is 11.0. The van der Waals surface area contributed by atoms with Gasteiger partial charge in [-0.2, -0.15) is 0 Å². The van der Waals surface area contributed by atoms with Crippen molar-refractivity contribution in [1.29, 1.82) is 0 Å². The lowest BCUT2D eigenvalue weighted by Gasteiger charge is -2.19. The molecule has 3 aromatic rings. The van der Waals surface area contributed by atoms with E-state index in [-0.39, 0.29) is 11.5 Å². The highest BCUT2D eigenvalue weighted by Gasteiger charge is 2.31. The summed E-state index contributed by atoms with van der Waals surface area (Å²) in [5.41, 5.74) is 3.11. The summed E-state index contributed by atoms with van der Waals surface area (Å²) < 4.78 is 33.0. The number of hydrogen-bond donors (Lipinski definition) is 1. The highest BCUT2D eigenvalue weighted by atomic mass is 32.2. The van der Waals surface area contributed by atoms with Gasteiger partial charge in [-0.25, -0.2) is 8.42 Å². The molecule has 2 heterocycles. The molecule has 1 N–H and O–H groups in total. The van der Waals surface area contributed by atoms with E-state index < -0.39 is 26.2 Å². The first kappa shape index (κ1) is 24.7. The summed E-state index contributed by atoms with van der Waals surface area (Å²) in [4.78, 5) is 28.0. The first-order valence-corrected chi connectivity index (χ1v) is 13.4. The Balaban J connectivity index is 1.56. The Morgan fingerprint density at radius 2 is 1.74 bits per heavy atom. The van der Waals surface area contributed by atoms with Gasteiger partial charge in [-0.15, -0.1) is 0 Å². The Hall–Kier alpha value is -3.43. The van der Waals surface area contributed by atoms with Crippen molar-refractivity contribution in [1.82, 2.24) is 10.3 Å². The molecule has 0 saturated carbocycles. The van der Waals surface area contributed by atoms with E-state index >= 15 is 0 Å². The van der Waals surface area contributed by atoms with E-state index in [2.05, 4.69) is 10.3 Å². The van der Waals surface area contributed by atoms with Gasteiger partial charge in [0.1, 0.15) is 17.6 Å². The summed E-state index contributed by atoms with van der Waals surface area (Å²) in [7, 11) is -3.77. The van der Waals surface area contributed by atoms with Gasteiger partial charge in [-0.05, 0) is 72.6 Å². The SMILES string of the molecule is CCc1ccc(C(COc2ccc(C=C3SC(=O)NC3=O)cc2)S(=O)(=O)c2ccc(C)cc2)nc1. The molecule has 1 unspecified atom stereocenters. The van der Waals surface area contributed by atoms with Gasteiger partial charge in [-0.3, -0.25) is 19.9 Å². The Labute approximate surface area is 208 Å². The minimum absolute atomic E-state index is 0.123. The summed E-state index contributed by atoms with van der Waals surface area (Å²) in [5, 5.41) is 0.816. The third kappa shape index (κ3) is 5.80. The van der Waals surface area contributed by atoms with Gasteiger partial charge in [0.15, 0.2) is 9.84 Å². The first-order chi connectivity index (χ1) is 16.8. The number of sulfone groups is 1. The zero-order valence-electron chi connectivity index (χ0n) is 19.2. The average molecular weight is 509 g/mol. The largest absolute Gasteiger partial charge is 0.492 e. The van der Waals surface area contributed by atoms with E-state index in [1.807, 2.05) is 19.9 Å². The van der Waals surface area contributed by atoms with Crippen LogP contribution in [-0.4, -0.2) is 31.2 Å². The molecule has 1 saturated heterocycles. The average Bonchev–Trinajstić information content (AvgIpc) is 3.17. The number of hydrogen-bond acceptors (Lipinski definition) is 7.